The Morgan fingerprint density at radius 1 is 0.975 bits per heavy atom. The number of methoxy groups -OCH3 is 1. The molecule has 3 fully saturated rings. The van der Waals surface area contributed by atoms with Crippen molar-refractivity contribution in [1.82, 2.24) is 14.1 Å². The SMILES string of the molecule is COc1ccc([C@@H]2C(=C(O)c3cccc(S(=O)(=O)N4CCCCC4)c3)C(=O)C(=O)N2CCN2CCOCC2)cc1. The second kappa shape index (κ2) is 12.1. The summed E-state index contributed by atoms with van der Waals surface area (Å²) < 4.78 is 38.8. The standard InChI is InChI=1S/C29H35N3O7S/c1-38-23-10-8-21(9-11-23)26-25(28(34)29(35)32(26)15-14-30-16-18-39-19-17-30)27(33)22-6-5-7-24(20-22)40(36,37)31-12-3-2-4-13-31/h5-11,20,26,33H,2-4,12-19H2,1H3/t26-/m1/s1. The molecule has 2 aromatic carbocycles. The second-order valence-corrected chi connectivity index (χ2v) is 12.2. The van der Waals surface area contributed by atoms with Crippen LogP contribution in [0.1, 0.15) is 36.4 Å². The number of sulfonamides is 1. The van der Waals surface area contributed by atoms with Crippen molar-refractivity contribution in [2.75, 3.05) is 59.6 Å². The lowest BCUT2D eigenvalue weighted by molar-refractivity contribution is -0.140. The van der Waals surface area contributed by atoms with E-state index in [2.05, 4.69) is 4.90 Å². The average Bonchev–Trinajstić information content (AvgIpc) is 3.25. The predicted molar refractivity (Wildman–Crippen MR) is 148 cm³/mol. The fourth-order valence-electron chi connectivity index (χ4n) is 5.53. The number of benzene rings is 2. The van der Waals surface area contributed by atoms with Gasteiger partial charge in [-0.05, 0) is 42.7 Å². The van der Waals surface area contributed by atoms with E-state index in [1.807, 2.05) is 0 Å². The number of nitrogens with zero attached hydrogens (tertiary/aromatic N) is 3. The van der Waals surface area contributed by atoms with E-state index < -0.39 is 33.5 Å². The number of hydrogen-bond donors (Lipinski definition) is 1. The fraction of sp³-hybridized carbons (Fsp3) is 0.448. The Hall–Kier alpha value is -3.25. The van der Waals surface area contributed by atoms with Gasteiger partial charge >= 0.3 is 0 Å². The first kappa shape index (κ1) is 28.3. The molecule has 0 saturated carbocycles. The third-order valence-corrected chi connectivity index (χ3v) is 9.69. The van der Waals surface area contributed by atoms with Crippen LogP contribution in [0.4, 0.5) is 0 Å². The lowest BCUT2D eigenvalue weighted by Crippen LogP contribution is -2.42. The molecule has 0 unspecified atom stereocenters. The van der Waals surface area contributed by atoms with Gasteiger partial charge in [0.25, 0.3) is 11.7 Å². The van der Waals surface area contributed by atoms with Gasteiger partial charge in [-0.15, -0.1) is 0 Å². The van der Waals surface area contributed by atoms with Crippen LogP contribution in [-0.4, -0.2) is 98.9 Å². The van der Waals surface area contributed by atoms with E-state index in [1.54, 1.807) is 43.5 Å². The number of aliphatic hydroxyl groups is 1. The van der Waals surface area contributed by atoms with Crippen LogP contribution in [0.5, 0.6) is 5.75 Å². The molecule has 3 heterocycles. The van der Waals surface area contributed by atoms with E-state index >= 15 is 0 Å². The van der Waals surface area contributed by atoms with Gasteiger partial charge in [-0.2, -0.15) is 4.31 Å². The number of hydrogen-bond acceptors (Lipinski definition) is 8. The Labute approximate surface area is 234 Å². The molecule has 0 radical (unpaired) electrons. The molecule has 0 bridgehead atoms. The molecule has 40 heavy (non-hydrogen) atoms. The summed E-state index contributed by atoms with van der Waals surface area (Å²) in [5.41, 5.74) is 0.744. The van der Waals surface area contributed by atoms with Crippen molar-refractivity contribution < 1.29 is 32.6 Å². The molecule has 2 aromatic rings. The Morgan fingerprint density at radius 2 is 1.68 bits per heavy atom. The highest BCUT2D eigenvalue weighted by Gasteiger charge is 2.46. The number of ether oxygens (including phenoxy) is 2. The summed E-state index contributed by atoms with van der Waals surface area (Å²) in [6, 6.07) is 12.1. The van der Waals surface area contributed by atoms with Crippen LogP contribution in [0.15, 0.2) is 59.0 Å². The topological polar surface area (TPSA) is 117 Å². The minimum absolute atomic E-state index is 0.0426. The molecule has 214 valence electrons. The van der Waals surface area contributed by atoms with Crippen molar-refractivity contribution >= 4 is 27.5 Å². The van der Waals surface area contributed by atoms with Gasteiger partial charge in [-0.3, -0.25) is 14.5 Å². The minimum atomic E-state index is -3.76. The van der Waals surface area contributed by atoms with E-state index in [0.29, 0.717) is 44.2 Å². The van der Waals surface area contributed by atoms with Gasteiger partial charge in [0.15, 0.2) is 0 Å². The van der Waals surface area contributed by atoms with Gasteiger partial charge in [0, 0.05) is 44.8 Å². The maximum atomic E-state index is 13.4. The van der Waals surface area contributed by atoms with Crippen LogP contribution in [0.3, 0.4) is 0 Å². The van der Waals surface area contributed by atoms with Crippen LogP contribution in [0.25, 0.3) is 5.76 Å². The predicted octanol–water partition coefficient (Wildman–Crippen LogP) is 2.62. The highest BCUT2D eigenvalue weighted by atomic mass is 32.2. The van der Waals surface area contributed by atoms with Gasteiger partial charge in [0.2, 0.25) is 10.0 Å². The molecule has 3 aliphatic rings. The second-order valence-electron chi connectivity index (χ2n) is 10.2. The van der Waals surface area contributed by atoms with Crippen LogP contribution in [0.2, 0.25) is 0 Å². The first-order chi connectivity index (χ1) is 19.3. The molecule has 1 amide bonds. The summed E-state index contributed by atoms with van der Waals surface area (Å²) in [5, 5.41) is 11.5. The van der Waals surface area contributed by atoms with Gasteiger partial charge < -0.3 is 19.5 Å². The van der Waals surface area contributed by atoms with E-state index in [1.165, 1.54) is 21.3 Å². The Balaban J connectivity index is 1.53. The van der Waals surface area contributed by atoms with Gasteiger partial charge in [-0.25, -0.2) is 8.42 Å². The molecule has 0 spiro atoms. The van der Waals surface area contributed by atoms with Gasteiger partial charge in [0.05, 0.1) is 36.8 Å². The lowest BCUT2D eigenvalue weighted by Gasteiger charge is -2.31. The molecular weight excluding hydrogens is 534 g/mol. The third kappa shape index (κ3) is 5.64. The number of likely N-dealkylation sites (tertiary alicyclic amines) is 1. The first-order valence-electron chi connectivity index (χ1n) is 13.6. The van der Waals surface area contributed by atoms with Crippen LogP contribution in [0, 0.1) is 0 Å². The number of morpholine rings is 1. The number of carbonyl (C=O) groups excluding carboxylic acids is 2. The van der Waals surface area contributed by atoms with E-state index in [-0.39, 0.29) is 22.6 Å². The van der Waals surface area contributed by atoms with Crippen molar-refractivity contribution in [3.05, 3.63) is 65.2 Å². The molecule has 0 aromatic heterocycles. The van der Waals surface area contributed by atoms with Crippen molar-refractivity contribution in [2.45, 2.75) is 30.2 Å². The summed E-state index contributed by atoms with van der Waals surface area (Å²) in [6.07, 6.45) is 2.59. The molecule has 5 rings (SSSR count). The van der Waals surface area contributed by atoms with E-state index in [4.69, 9.17) is 9.47 Å². The van der Waals surface area contributed by atoms with E-state index in [9.17, 15) is 23.1 Å². The zero-order chi connectivity index (χ0) is 28.3. The average molecular weight is 570 g/mol. The van der Waals surface area contributed by atoms with Gasteiger partial charge in [-0.1, -0.05) is 30.7 Å². The van der Waals surface area contributed by atoms with E-state index in [0.717, 1.165) is 32.4 Å². The maximum Gasteiger partial charge on any atom is 0.295 e. The maximum absolute atomic E-state index is 13.4. The Morgan fingerprint density at radius 3 is 2.35 bits per heavy atom. The summed E-state index contributed by atoms with van der Waals surface area (Å²) >= 11 is 0. The summed E-state index contributed by atoms with van der Waals surface area (Å²) in [7, 11) is -2.21. The molecule has 3 saturated heterocycles. The number of amides is 1. The largest absolute Gasteiger partial charge is 0.507 e. The first-order valence-corrected chi connectivity index (χ1v) is 15.1. The van der Waals surface area contributed by atoms with Crippen LogP contribution in [-0.2, 0) is 24.3 Å². The normalized spacial score (nSPS) is 22.5. The number of Topliss-reactive ketones (excluding diaryl/α,β-unsaturated/α-hetero) is 1. The number of rotatable bonds is 8. The van der Waals surface area contributed by atoms with Crippen molar-refractivity contribution in [1.29, 1.82) is 0 Å². The smallest absolute Gasteiger partial charge is 0.295 e. The zero-order valence-corrected chi connectivity index (χ0v) is 23.4. The highest BCUT2D eigenvalue weighted by molar-refractivity contribution is 7.89. The quantitative estimate of drug-likeness (QED) is 0.293. The minimum Gasteiger partial charge on any atom is -0.507 e. The monoisotopic (exact) mass is 569 g/mol. The summed E-state index contributed by atoms with van der Waals surface area (Å²) in [4.78, 5) is 30.4. The molecular formula is C29H35N3O7S. The van der Waals surface area contributed by atoms with Crippen LogP contribution < -0.4 is 4.74 Å². The Bertz CT molecular complexity index is 1380. The number of ketones is 1. The molecule has 1 atom stereocenters. The molecule has 10 nitrogen and oxygen atoms in total. The Kier molecular flexibility index (Phi) is 8.55. The van der Waals surface area contributed by atoms with Gasteiger partial charge in [0.1, 0.15) is 11.5 Å². The molecule has 1 N–H and O–H groups in total. The fourth-order valence-corrected chi connectivity index (χ4v) is 7.09. The van der Waals surface area contributed by atoms with Crippen LogP contribution >= 0.6 is 0 Å². The number of aliphatic hydroxyl groups excluding tert-OH is 1. The van der Waals surface area contributed by atoms with Crippen molar-refractivity contribution in [3.63, 3.8) is 0 Å². The summed E-state index contributed by atoms with van der Waals surface area (Å²) in [5.74, 6) is -1.29. The summed E-state index contributed by atoms with van der Waals surface area (Å²) in [6.45, 7) is 4.40. The molecule has 0 aliphatic carbocycles. The van der Waals surface area contributed by atoms with Crippen molar-refractivity contribution in [2.24, 2.45) is 0 Å². The lowest BCUT2D eigenvalue weighted by atomic mass is 9.95. The highest BCUT2D eigenvalue weighted by Crippen LogP contribution is 2.40. The zero-order valence-electron chi connectivity index (χ0n) is 22.6. The molecule has 3 aliphatic heterocycles. The third-order valence-electron chi connectivity index (χ3n) is 7.79. The molecule has 11 heteroatoms. The van der Waals surface area contributed by atoms with Crippen molar-refractivity contribution in [3.8, 4) is 5.75 Å². The number of piperidine rings is 1. The number of carbonyl (C=O) groups is 2.